The highest BCUT2D eigenvalue weighted by Crippen LogP contribution is 2.19. The zero-order valence-corrected chi connectivity index (χ0v) is 12.6. The molecule has 0 bridgehead atoms. The molecule has 1 N–H and O–H groups in total. The van der Waals surface area contributed by atoms with Crippen molar-refractivity contribution in [3.05, 3.63) is 42.1 Å². The molecular formula is C14H13ClN2O3S. The fourth-order valence-corrected chi connectivity index (χ4v) is 4.96. The second kappa shape index (κ2) is 5.27. The number of nitrogens with one attached hydrogen (secondary N) is 1. The summed E-state index contributed by atoms with van der Waals surface area (Å²) >= 11 is 5.99. The summed E-state index contributed by atoms with van der Waals surface area (Å²) in [6.07, 6.45) is 1.68. The molecule has 1 amide bonds. The van der Waals surface area contributed by atoms with E-state index in [0.29, 0.717) is 5.56 Å². The van der Waals surface area contributed by atoms with Crippen LogP contribution in [0.15, 0.2) is 36.5 Å². The molecule has 1 fully saturated rings. The van der Waals surface area contributed by atoms with Gasteiger partial charge in [0, 0.05) is 17.1 Å². The van der Waals surface area contributed by atoms with E-state index in [1.54, 1.807) is 30.5 Å². The molecule has 1 aromatic heterocycles. The van der Waals surface area contributed by atoms with Gasteiger partial charge in [-0.25, -0.2) is 8.42 Å². The number of hydrogen-bond acceptors (Lipinski definition) is 4. The smallest absolute Gasteiger partial charge is 0.251 e. The molecule has 2 aromatic rings. The predicted octanol–water partition coefficient (Wildman–Crippen LogP) is 1.37. The lowest BCUT2D eigenvalue weighted by atomic mass is 10.1. The van der Waals surface area contributed by atoms with E-state index in [4.69, 9.17) is 11.6 Å². The fourth-order valence-electron chi connectivity index (χ4n) is 2.41. The van der Waals surface area contributed by atoms with Crippen molar-refractivity contribution in [1.82, 2.24) is 10.3 Å². The summed E-state index contributed by atoms with van der Waals surface area (Å²) < 4.78 is 23.0. The minimum atomic E-state index is -3.16. The van der Waals surface area contributed by atoms with E-state index < -0.39 is 21.3 Å². The topological polar surface area (TPSA) is 76.1 Å². The molecule has 0 radical (unpaired) electrons. The summed E-state index contributed by atoms with van der Waals surface area (Å²) in [7, 11) is -3.16. The Morgan fingerprint density at radius 3 is 2.81 bits per heavy atom. The molecule has 5 nitrogen and oxygen atoms in total. The number of halogens is 1. The van der Waals surface area contributed by atoms with Gasteiger partial charge in [-0.05, 0) is 24.3 Å². The Labute approximate surface area is 127 Å². The third-order valence-electron chi connectivity index (χ3n) is 3.46. The lowest BCUT2D eigenvalue weighted by Gasteiger charge is -2.14. The molecule has 0 aliphatic carbocycles. The molecule has 1 aliphatic rings. The monoisotopic (exact) mass is 324 g/mol. The molecular weight excluding hydrogens is 312 g/mol. The van der Waals surface area contributed by atoms with Gasteiger partial charge in [-0.15, -0.1) is 11.6 Å². The normalized spacial score (nSPS) is 24.0. The second-order valence-corrected chi connectivity index (χ2v) is 7.80. The molecule has 1 saturated heterocycles. The zero-order chi connectivity index (χ0) is 15.0. The molecule has 2 heterocycles. The third-order valence-corrected chi connectivity index (χ3v) is 5.84. The Hall–Kier alpha value is -1.66. The van der Waals surface area contributed by atoms with E-state index in [1.165, 1.54) is 0 Å². The van der Waals surface area contributed by atoms with E-state index in [1.807, 2.05) is 6.07 Å². The van der Waals surface area contributed by atoms with Crippen molar-refractivity contribution >= 4 is 38.2 Å². The van der Waals surface area contributed by atoms with Crippen molar-refractivity contribution in [2.75, 3.05) is 11.5 Å². The average Bonchev–Trinajstić information content (AvgIpc) is 2.70. The number of fused-ring (bicyclic) bond motifs is 1. The van der Waals surface area contributed by atoms with Crippen LogP contribution in [0.4, 0.5) is 0 Å². The number of nitrogens with zero attached hydrogens (tertiary/aromatic N) is 1. The van der Waals surface area contributed by atoms with Gasteiger partial charge < -0.3 is 5.32 Å². The van der Waals surface area contributed by atoms with Gasteiger partial charge >= 0.3 is 0 Å². The lowest BCUT2D eigenvalue weighted by molar-refractivity contribution is 0.0941. The molecule has 0 saturated carbocycles. The van der Waals surface area contributed by atoms with Crippen LogP contribution in [-0.4, -0.2) is 42.2 Å². The molecule has 21 heavy (non-hydrogen) atoms. The lowest BCUT2D eigenvalue weighted by Crippen LogP contribution is -2.40. The van der Waals surface area contributed by atoms with E-state index in [9.17, 15) is 13.2 Å². The number of alkyl halides is 1. The first-order valence-electron chi connectivity index (χ1n) is 6.45. The maximum absolute atomic E-state index is 12.2. The number of carbonyl (C=O) groups excluding carboxylic acids is 1. The van der Waals surface area contributed by atoms with Crippen LogP contribution in [0.5, 0.6) is 0 Å². The van der Waals surface area contributed by atoms with E-state index in [2.05, 4.69) is 10.3 Å². The zero-order valence-electron chi connectivity index (χ0n) is 11.0. The molecule has 0 spiro atoms. The van der Waals surface area contributed by atoms with Gasteiger partial charge in [0.15, 0.2) is 9.84 Å². The molecule has 1 aliphatic heterocycles. The Morgan fingerprint density at radius 2 is 2.10 bits per heavy atom. The van der Waals surface area contributed by atoms with Crippen LogP contribution in [0, 0.1) is 0 Å². The van der Waals surface area contributed by atoms with Crippen LogP contribution < -0.4 is 5.32 Å². The minimum absolute atomic E-state index is 0.0961. The first-order valence-corrected chi connectivity index (χ1v) is 8.70. The van der Waals surface area contributed by atoms with Gasteiger partial charge in [-0.1, -0.05) is 6.07 Å². The van der Waals surface area contributed by atoms with Crippen LogP contribution in [-0.2, 0) is 9.84 Å². The summed E-state index contributed by atoms with van der Waals surface area (Å²) in [4.78, 5) is 16.4. The standard InChI is InChI=1S/C14H13ClN2O3S/c15-11-7-21(19,20)8-13(11)17-14(18)10-3-4-12-9(6-10)2-1-5-16-12/h1-6,11,13H,7-8H2,(H,17,18). The average molecular weight is 325 g/mol. The van der Waals surface area contributed by atoms with Crippen LogP contribution in [0.3, 0.4) is 0 Å². The highest BCUT2D eigenvalue weighted by molar-refractivity contribution is 7.91. The van der Waals surface area contributed by atoms with Gasteiger partial charge in [0.1, 0.15) is 0 Å². The van der Waals surface area contributed by atoms with Gasteiger partial charge in [0.2, 0.25) is 0 Å². The van der Waals surface area contributed by atoms with Crippen molar-refractivity contribution in [1.29, 1.82) is 0 Å². The number of rotatable bonds is 2. The highest BCUT2D eigenvalue weighted by atomic mass is 35.5. The maximum Gasteiger partial charge on any atom is 0.251 e. The van der Waals surface area contributed by atoms with Crippen LogP contribution >= 0.6 is 11.6 Å². The molecule has 3 rings (SSSR count). The van der Waals surface area contributed by atoms with Crippen LogP contribution in [0.2, 0.25) is 0 Å². The van der Waals surface area contributed by atoms with Crippen molar-refractivity contribution in [3.8, 4) is 0 Å². The Bertz CT molecular complexity index is 807. The molecule has 2 unspecified atom stereocenters. The fraction of sp³-hybridized carbons (Fsp3) is 0.286. The van der Waals surface area contributed by atoms with Crippen molar-refractivity contribution in [3.63, 3.8) is 0 Å². The largest absolute Gasteiger partial charge is 0.347 e. The van der Waals surface area contributed by atoms with E-state index in [0.717, 1.165) is 10.9 Å². The van der Waals surface area contributed by atoms with Gasteiger partial charge in [0.25, 0.3) is 5.91 Å². The summed E-state index contributed by atoms with van der Waals surface area (Å²) in [5.41, 5.74) is 1.26. The maximum atomic E-state index is 12.2. The molecule has 2 atom stereocenters. The Kier molecular flexibility index (Phi) is 3.59. The van der Waals surface area contributed by atoms with Gasteiger partial charge in [0.05, 0.1) is 28.4 Å². The van der Waals surface area contributed by atoms with E-state index in [-0.39, 0.29) is 17.4 Å². The van der Waals surface area contributed by atoms with Crippen LogP contribution in [0.1, 0.15) is 10.4 Å². The minimum Gasteiger partial charge on any atom is -0.347 e. The number of sulfone groups is 1. The Balaban J connectivity index is 1.81. The summed E-state index contributed by atoms with van der Waals surface area (Å²) in [5.74, 6) is -0.531. The number of hydrogen-bond donors (Lipinski definition) is 1. The quantitative estimate of drug-likeness (QED) is 0.846. The Morgan fingerprint density at radius 1 is 1.29 bits per heavy atom. The van der Waals surface area contributed by atoms with Crippen molar-refractivity contribution in [2.45, 2.75) is 11.4 Å². The summed E-state index contributed by atoms with van der Waals surface area (Å²) in [5, 5.41) is 2.97. The van der Waals surface area contributed by atoms with E-state index >= 15 is 0 Å². The molecule has 7 heteroatoms. The van der Waals surface area contributed by atoms with Crippen molar-refractivity contribution in [2.24, 2.45) is 0 Å². The molecule has 1 aromatic carbocycles. The second-order valence-electron chi connectivity index (χ2n) is 5.08. The first-order chi connectivity index (χ1) is 9.94. The van der Waals surface area contributed by atoms with Crippen molar-refractivity contribution < 1.29 is 13.2 Å². The number of benzene rings is 1. The first kappa shape index (κ1) is 14.3. The number of amides is 1. The SMILES string of the molecule is O=C(NC1CS(=O)(=O)CC1Cl)c1ccc2ncccc2c1. The van der Waals surface area contributed by atoms with Crippen LogP contribution in [0.25, 0.3) is 10.9 Å². The highest BCUT2D eigenvalue weighted by Gasteiger charge is 2.37. The third kappa shape index (κ3) is 3.01. The molecule has 110 valence electrons. The number of carbonyl (C=O) groups is 1. The predicted molar refractivity (Wildman–Crippen MR) is 81.3 cm³/mol. The van der Waals surface area contributed by atoms with Gasteiger partial charge in [-0.3, -0.25) is 9.78 Å². The number of aromatic nitrogens is 1. The number of pyridine rings is 1. The summed E-state index contributed by atoms with van der Waals surface area (Å²) in [6, 6.07) is 8.26. The summed E-state index contributed by atoms with van der Waals surface area (Å²) in [6.45, 7) is 0. The van der Waals surface area contributed by atoms with Gasteiger partial charge in [-0.2, -0.15) is 0 Å².